The molecular weight excluding hydrogens is 239 g/mol. The van der Waals surface area contributed by atoms with Gasteiger partial charge in [-0.1, -0.05) is 41.5 Å². The summed E-state index contributed by atoms with van der Waals surface area (Å²) in [6, 6.07) is 0. The molecule has 3 radical (unpaired) electrons. The molecular formula is C9H22InO. The maximum Gasteiger partial charge on any atom is 1.00 e. The summed E-state index contributed by atoms with van der Waals surface area (Å²) in [5.41, 5.74) is -0.500. The topological polar surface area (TPSA) is 23.1 Å². The van der Waals surface area contributed by atoms with E-state index in [1.807, 2.05) is 0 Å². The maximum atomic E-state index is 10.1. The van der Waals surface area contributed by atoms with Crippen molar-refractivity contribution in [3.63, 3.8) is 0 Å². The van der Waals surface area contributed by atoms with Crippen LogP contribution in [0.5, 0.6) is 0 Å². The van der Waals surface area contributed by atoms with Gasteiger partial charge in [-0.05, 0) is 12.3 Å². The second-order valence-electron chi connectivity index (χ2n) is 4.67. The van der Waals surface area contributed by atoms with Crippen molar-refractivity contribution < 1.29 is 6.53 Å². The van der Waals surface area contributed by atoms with Crippen LogP contribution >= 0.6 is 0 Å². The molecule has 0 saturated heterocycles. The molecule has 0 spiro atoms. The standard InChI is InChI=1S/C5H11.C4H9O.In.H2/c1-5(2,3)4;1-4(2,3)5;;/h1H2,2-4H3;1-3H3;;1H/q;-1;+1;. The summed E-state index contributed by atoms with van der Waals surface area (Å²) >= 11 is 0. The van der Waals surface area contributed by atoms with Gasteiger partial charge in [0.05, 0.1) is 0 Å². The Kier molecular flexibility index (Phi) is 10.3. The van der Waals surface area contributed by atoms with Gasteiger partial charge in [0.1, 0.15) is 0 Å². The van der Waals surface area contributed by atoms with Crippen LogP contribution in [0.1, 0.15) is 43.0 Å². The second kappa shape index (κ2) is 6.36. The first-order valence-corrected chi connectivity index (χ1v) is 3.56. The molecule has 2 heteroatoms. The minimum Gasteiger partial charge on any atom is -0.850 e. The summed E-state index contributed by atoms with van der Waals surface area (Å²) < 4.78 is 0. The molecule has 1 nitrogen and oxygen atoms in total. The van der Waals surface area contributed by atoms with Crippen LogP contribution < -0.4 is 5.11 Å². The van der Waals surface area contributed by atoms with Crippen molar-refractivity contribution in [2.75, 3.05) is 0 Å². The third kappa shape index (κ3) is 1230. The molecule has 0 atom stereocenters. The SMILES string of the molecule is CC(C)(C)[O-].[CH2]C(C)(C)C.[HH].[In+]. The third-order valence-corrected chi connectivity index (χ3v) is 0. The van der Waals surface area contributed by atoms with Crippen LogP contribution in [0.4, 0.5) is 0 Å². The van der Waals surface area contributed by atoms with Crippen molar-refractivity contribution in [2.45, 2.75) is 47.1 Å². The molecule has 0 N–H and O–H groups in total. The summed E-state index contributed by atoms with van der Waals surface area (Å²) in [5.74, 6) is 0. The number of hydrogen-bond donors (Lipinski definition) is 0. The van der Waals surface area contributed by atoms with Gasteiger partial charge < -0.3 is 5.11 Å². The molecule has 0 saturated carbocycles. The van der Waals surface area contributed by atoms with Gasteiger partial charge in [0.15, 0.2) is 0 Å². The monoisotopic (exact) mass is 261 g/mol. The summed E-state index contributed by atoms with van der Waals surface area (Å²) in [5, 5.41) is 10.1. The Hall–Kier alpha value is 0.830. The molecule has 0 unspecified atom stereocenters. The largest absolute Gasteiger partial charge is 1.00 e. The minimum atomic E-state index is -0.750. The van der Waals surface area contributed by atoms with Crippen molar-refractivity contribution >= 4 is 25.8 Å². The quantitative estimate of drug-likeness (QED) is 0.653. The summed E-state index contributed by atoms with van der Waals surface area (Å²) in [4.78, 5) is 0. The average molecular weight is 261 g/mol. The molecule has 0 aromatic rings. The Labute approximate surface area is 91.9 Å². The first-order valence-electron chi connectivity index (χ1n) is 3.56. The van der Waals surface area contributed by atoms with Crippen LogP contribution in [0.2, 0.25) is 0 Å². The van der Waals surface area contributed by atoms with E-state index in [9.17, 15) is 5.11 Å². The van der Waals surface area contributed by atoms with Crippen LogP contribution in [0, 0.1) is 12.3 Å². The van der Waals surface area contributed by atoms with Crippen LogP contribution in [-0.2, 0) is 0 Å². The Morgan fingerprint density at radius 2 is 1.00 bits per heavy atom. The van der Waals surface area contributed by atoms with E-state index in [2.05, 4.69) is 27.7 Å². The van der Waals surface area contributed by atoms with Gasteiger partial charge in [0.25, 0.3) is 0 Å². The molecule has 0 bridgehead atoms. The molecule has 0 amide bonds. The zero-order valence-corrected chi connectivity index (χ0v) is 12.0. The second-order valence-corrected chi connectivity index (χ2v) is 4.67. The Morgan fingerprint density at radius 3 is 1.00 bits per heavy atom. The van der Waals surface area contributed by atoms with Crippen molar-refractivity contribution in [3.05, 3.63) is 6.92 Å². The van der Waals surface area contributed by atoms with Crippen molar-refractivity contribution in [1.29, 1.82) is 0 Å². The van der Waals surface area contributed by atoms with Gasteiger partial charge in [0, 0.05) is 1.43 Å². The molecule has 11 heavy (non-hydrogen) atoms. The van der Waals surface area contributed by atoms with E-state index in [-0.39, 0.29) is 32.7 Å². The molecule has 0 heterocycles. The molecule has 0 fully saturated rings. The van der Waals surface area contributed by atoms with Crippen LogP contribution in [-0.4, -0.2) is 31.4 Å². The van der Waals surface area contributed by atoms with E-state index >= 15 is 0 Å². The van der Waals surface area contributed by atoms with Gasteiger partial charge in [-0.2, -0.15) is 0 Å². The average Bonchev–Trinajstić information content (AvgIpc) is 1.12. The van der Waals surface area contributed by atoms with E-state index in [1.54, 1.807) is 20.8 Å². The predicted octanol–water partition coefficient (Wildman–Crippen LogP) is 1.88. The zero-order valence-electron chi connectivity index (χ0n) is 8.69. The van der Waals surface area contributed by atoms with Crippen molar-refractivity contribution in [2.24, 2.45) is 5.41 Å². The molecule has 67 valence electrons. The zero-order chi connectivity index (χ0) is 9.00. The normalized spacial score (nSPS) is 10.9. The minimum absolute atomic E-state index is 0. The van der Waals surface area contributed by atoms with Crippen molar-refractivity contribution in [1.82, 2.24) is 0 Å². The van der Waals surface area contributed by atoms with E-state index < -0.39 is 5.60 Å². The van der Waals surface area contributed by atoms with E-state index in [0.29, 0.717) is 0 Å². The first-order chi connectivity index (χ1) is 4.00. The van der Waals surface area contributed by atoms with Gasteiger partial charge in [-0.3, -0.25) is 0 Å². The Bertz CT molecular complexity index is 57.5. The summed E-state index contributed by atoms with van der Waals surface area (Å²) in [7, 11) is 0. The molecule has 0 aromatic heterocycles. The molecule has 0 aliphatic rings. The third-order valence-electron chi connectivity index (χ3n) is 0. The van der Waals surface area contributed by atoms with Crippen LogP contribution in [0.15, 0.2) is 0 Å². The Balaban J connectivity index is -0.0000000457. The number of rotatable bonds is 0. The fourth-order valence-electron chi connectivity index (χ4n) is 0. The van der Waals surface area contributed by atoms with Gasteiger partial charge in [-0.15, -0.1) is 5.60 Å². The summed E-state index contributed by atoms with van der Waals surface area (Å²) in [6.45, 7) is 14.9. The molecule has 0 aromatic carbocycles. The van der Waals surface area contributed by atoms with Gasteiger partial charge in [0.2, 0.25) is 0 Å². The van der Waals surface area contributed by atoms with Gasteiger partial charge in [-0.25, -0.2) is 0 Å². The maximum absolute atomic E-state index is 10.1. The fourth-order valence-corrected chi connectivity index (χ4v) is 0. The van der Waals surface area contributed by atoms with Crippen molar-refractivity contribution in [3.8, 4) is 0 Å². The number of hydrogen-bond acceptors (Lipinski definition) is 1. The molecule has 0 rings (SSSR count). The predicted molar refractivity (Wildman–Crippen MR) is 52.4 cm³/mol. The van der Waals surface area contributed by atoms with Crippen LogP contribution in [0.25, 0.3) is 0 Å². The molecule has 0 aliphatic heterocycles. The first kappa shape index (κ1) is 17.8. The summed E-state index contributed by atoms with van der Waals surface area (Å²) in [6.07, 6.45) is 0. The fraction of sp³-hybridized carbons (Fsp3) is 0.889. The van der Waals surface area contributed by atoms with Crippen LogP contribution in [0.3, 0.4) is 0 Å². The smallest absolute Gasteiger partial charge is 0.850 e. The van der Waals surface area contributed by atoms with E-state index in [0.717, 1.165) is 0 Å². The Morgan fingerprint density at radius 1 is 1.00 bits per heavy atom. The molecule has 0 aliphatic carbocycles. The van der Waals surface area contributed by atoms with E-state index in [1.165, 1.54) is 0 Å². The van der Waals surface area contributed by atoms with E-state index in [4.69, 9.17) is 0 Å². The van der Waals surface area contributed by atoms with Gasteiger partial charge >= 0.3 is 25.8 Å².